The maximum atomic E-state index is 11.3. The Kier molecular flexibility index (Phi) is 7.29. The molecule has 0 aliphatic rings. The van der Waals surface area contributed by atoms with Gasteiger partial charge in [-0.3, -0.25) is 4.90 Å². The summed E-state index contributed by atoms with van der Waals surface area (Å²) in [5.74, 6) is 0. The monoisotopic (exact) mass is 405 g/mol. The SMILES string of the molecule is CCN(CC)Cc1ccccc1-c1ccc(/[P+](=N/C(=O)O)c2ccccc2)cc1. The van der Waals surface area contributed by atoms with Crippen molar-refractivity contribution in [1.82, 2.24) is 4.90 Å². The molecule has 0 aliphatic heterocycles. The van der Waals surface area contributed by atoms with E-state index in [1.54, 1.807) is 0 Å². The molecule has 0 aromatic heterocycles. The summed E-state index contributed by atoms with van der Waals surface area (Å²) in [6.07, 6.45) is -1.13. The van der Waals surface area contributed by atoms with Crippen molar-refractivity contribution in [3.05, 3.63) is 84.4 Å². The highest BCUT2D eigenvalue weighted by Gasteiger charge is 2.23. The Morgan fingerprint density at radius 1 is 0.862 bits per heavy atom. The van der Waals surface area contributed by atoms with E-state index >= 15 is 0 Å². The van der Waals surface area contributed by atoms with E-state index in [2.05, 4.69) is 59.9 Å². The van der Waals surface area contributed by atoms with Crippen LogP contribution in [-0.2, 0) is 6.54 Å². The minimum absolute atomic E-state index is 0.913. The number of carboxylic acid groups (broad SMARTS) is 1. The Morgan fingerprint density at radius 3 is 2.07 bits per heavy atom. The molecule has 1 unspecified atom stereocenters. The molecule has 0 bridgehead atoms. The van der Waals surface area contributed by atoms with Crippen LogP contribution in [0.15, 0.2) is 83.6 Å². The van der Waals surface area contributed by atoms with Gasteiger partial charge in [0.05, 0.1) is 0 Å². The predicted molar refractivity (Wildman–Crippen MR) is 122 cm³/mol. The number of rotatable bonds is 7. The zero-order chi connectivity index (χ0) is 20.6. The fraction of sp³-hybridized carbons (Fsp3) is 0.208. The first-order chi connectivity index (χ1) is 14.1. The second-order valence-electron chi connectivity index (χ2n) is 6.70. The topological polar surface area (TPSA) is 52.9 Å². The van der Waals surface area contributed by atoms with Crippen LogP contribution in [0.4, 0.5) is 4.79 Å². The molecule has 0 fully saturated rings. The number of carbonyl (C=O) groups is 1. The number of hydrogen-bond acceptors (Lipinski definition) is 2. The Balaban J connectivity index is 1.95. The number of hydrogen-bond donors (Lipinski definition) is 1. The van der Waals surface area contributed by atoms with Gasteiger partial charge in [-0.25, -0.2) is 4.79 Å². The average molecular weight is 405 g/mol. The molecular formula is C24H26N2O2P+. The van der Waals surface area contributed by atoms with E-state index in [4.69, 9.17) is 0 Å². The molecule has 0 heterocycles. The third-order valence-electron chi connectivity index (χ3n) is 4.91. The van der Waals surface area contributed by atoms with Crippen molar-refractivity contribution in [2.45, 2.75) is 20.4 Å². The zero-order valence-electron chi connectivity index (χ0n) is 16.8. The van der Waals surface area contributed by atoms with Crippen LogP contribution in [-0.4, -0.2) is 29.2 Å². The molecule has 148 valence electrons. The van der Waals surface area contributed by atoms with Gasteiger partial charge >= 0.3 is 6.09 Å². The Labute approximate surface area is 173 Å². The van der Waals surface area contributed by atoms with Crippen LogP contribution in [0.2, 0.25) is 0 Å². The normalized spacial score (nSPS) is 11.6. The Morgan fingerprint density at radius 2 is 1.45 bits per heavy atom. The highest BCUT2D eigenvalue weighted by Crippen LogP contribution is 2.28. The van der Waals surface area contributed by atoms with Crippen molar-refractivity contribution in [3.8, 4) is 11.1 Å². The van der Waals surface area contributed by atoms with Crippen LogP contribution >= 0.6 is 7.71 Å². The lowest BCUT2D eigenvalue weighted by atomic mass is 9.99. The Hall–Kier alpha value is -2.81. The van der Waals surface area contributed by atoms with Crippen LogP contribution in [0.5, 0.6) is 0 Å². The lowest BCUT2D eigenvalue weighted by molar-refractivity contribution is 0.206. The molecule has 0 saturated heterocycles. The van der Waals surface area contributed by atoms with Crippen molar-refractivity contribution in [1.29, 1.82) is 0 Å². The minimum Gasteiger partial charge on any atom is -0.461 e. The Bertz CT molecular complexity index is 981. The van der Waals surface area contributed by atoms with E-state index < -0.39 is 13.8 Å². The molecule has 29 heavy (non-hydrogen) atoms. The third-order valence-corrected chi connectivity index (χ3v) is 6.86. The van der Waals surface area contributed by atoms with Crippen molar-refractivity contribution in [2.75, 3.05) is 13.1 Å². The van der Waals surface area contributed by atoms with Crippen molar-refractivity contribution >= 4 is 24.4 Å². The molecule has 0 aliphatic carbocycles. The molecule has 1 N–H and O–H groups in total. The quantitative estimate of drug-likeness (QED) is 0.529. The van der Waals surface area contributed by atoms with E-state index in [-0.39, 0.29) is 0 Å². The molecule has 1 amide bonds. The van der Waals surface area contributed by atoms with E-state index in [1.165, 1.54) is 11.1 Å². The molecule has 1 atom stereocenters. The maximum absolute atomic E-state index is 11.3. The highest BCUT2D eigenvalue weighted by atomic mass is 31.1. The molecule has 3 aromatic carbocycles. The fourth-order valence-electron chi connectivity index (χ4n) is 3.33. The fourth-order valence-corrected chi connectivity index (χ4v) is 4.92. The van der Waals surface area contributed by atoms with Gasteiger partial charge in [0, 0.05) is 11.3 Å². The molecule has 0 saturated carbocycles. The first-order valence-electron chi connectivity index (χ1n) is 9.82. The van der Waals surface area contributed by atoms with E-state index in [0.29, 0.717) is 0 Å². The average Bonchev–Trinajstić information content (AvgIpc) is 2.77. The van der Waals surface area contributed by atoms with E-state index in [1.807, 2.05) is 42.5 Å². The summed E-state index contributed by atoms with van der Waals surface area (Å²) >= 11 is 0. The molecule has 3 aromatic rings. The molecule has 0 radical (unpaired) electrons. The highest BCUT2D eigenvalue weighted by molar-refractivity contribution is 7.64. The van der Waals surface area contributed by atoms with Crippen molar-refractivity contribution in [2.24, 2.45) is 4.74 Å². The van der Waals surface area contributed by atoms with Gasteiger partial charge in [-0.05, 0) is 66.2 Å². The van der Waals surface area contributed by atoms with Crippen LogP contribution in [0, 0.1) is 0 Å². The van der Waals surface area contributed by atoms with Gasteiger partial charge in [-0.15, -0.1) is 0 Å². The van der Waals surface area contributed by atoms with Gasteiger partial charge < -0.3 is 5.11 Å². The van der Waals surface area contributed by atoms with E-state index in [9.17, 15) is 9.90 Å². The van der Waals surface area contributed by atoms with Crippen LogP contribution in [0.25, 0.3) is 11.1 Å². The molecule has 3 rings (SSSR count). The smallest absolute Gasteiger partial charge is 0.461 e. The van der Waals surface area contributed by atoms with Crippen molar-refractivity contribution in [3.63, 3.8) is 0 Å². The van der Waals surface area contributed by atoms with E-state index in [0.717, 1.165) is 35.8 Å². The first-order valence-corrected chi connectivity index (χ1v) is 11.1. The summed E-state index contributed by atoms with van der Waals surface area (Å²) in [5, 5.41) is 11.1. The number of benzene rings is 3. The largest absolute Gasteiger partial charge is 0.469 e. The van der Waals surface area contributed by atoms with Crippen LogP contribution < -0.4 is 10.6 Å². The lowest BCUT2D eigenvalue weighted by Crippen LogP contribution is -2.22. The maximum Gasteiger partial charge on any atom is 0.469 e. The molecule has 4 nitrogen and oxygen atoms in total. The summed E-state index contributed by atoms with van der Waals surface area (Å²) in [6.45, 7) is 7.30. The number of nitrogens with zero attached hydrogens (tertiary/aromatic N) is 2. The van der Waals surface area contributed by atoms with Gasteiger partial charge in [-0.2, -0.15) is 0 Å². The second kappa shape index (κ2) is 10.1. The van der Waals surface area contributed by atoms with Crippen LogP contribution in [0.3, 0.4) is 0 Å². The molecule has 5 heteroatoms. The first kappa shape index (κ1) is 20.9. The predicted octanol–water partition coefficient (Wildman–Crippen LogP) is 5.49. The van der Waals surface area contributed by atoms with Gasteiger partial charge in [-0.1, -0.05) is 56.3 Å². The van der Waals surface area contributed by atoms with Gasteiger partial charge in [0.2, 0.25) is 0 Å². The lowest BCUT2D eigenvalue weighted by Gasteiger charge is -2.20. The summed E-state index contributed by atoms with van der Waals surface area (Å²) in [6, 6.07) is 26.3. The minimum atomic E-state index is -1.28. The van der Waals surface area contributed by atoms with Gasteiger partial charge in [0.1, 0.15) is 0 Å². The summed E-state index contributed by atoms with van der Waals surface area (Å²) < 4.78 is 3.97. The zero-order valence-corrected chi connectivity index (χ0v) is 17.7. The standard InChI is InChI=1S/C24H25N2O2P/c1-3-26(4-2)18-20-10-8-9-13-23(20)19-14-16-22(17-15-19)29(25-24(27)28)21-11-6-5-7-12-21/h5-17H,3-4,18H2,1-2H3/p+1. The summed E-state index contributed by atoms with van der Waals surface area (Å²) in [7, 11) is -1.28. The molecule has 0 spiro atoms. The van der Waals surface area contributed by atoms with Gasteiger partial charge in [0.15, 0.2) is 10.6 Å². The van der Waals surface area contributed by atoms with Gasteiger partial charge in [0.25, 0.3) is 7.71 Å². The van der Waals surface area contributed by atoms with Crippen LogP contribution in [0.1, 0.15) is 19.4 Å². The second-order valence-corrected chi connectivity index (χ2v) is 8.55. The van der Waals surface area contributed by atoms with Crippen molar-refractivity contribution < 1.29 is 9.90 Å². The summed E-state index contributed by atoms with van der Waals surface area (Å²) in [5.41, 5.74) is 3.64. The molecular weight excluding hydrogens is 379 g/mol. The third kappa shape index (κ3) is 5.38. The summed E-state index contributed by atoms with van der Waals surface area (Å²) in [4.78, 5) is 13.7. The number of amides is 1.